The van der Waals surface area contributed by atoms with Crippen molar-refractivity contribution >= 4 is 27.8 Å². The van der Waals surface area contributed by atoms with Gasteiger partial charge in [-0.15, -0.1) is 0 Å². The molecule has 0 aliphatic heterocycles. The van der Waals surface area contributed by atoms with Crippen LogP contribution in [0.25, 0.3) is 0 Å². The lowest BCUT2D eigenvalue weighted by Gasteiger charge is -2.10. The van der Waals surface area contributed by atoms with Gasteiger partial charge in [0.05, 0.1) is 19.0 Å². The first-order chi connectivity index (χ1) is 9.24. The van der Waals surface area contributed by atoms with Crippen LogP contribution in [0.2, 0.25) is 0 Å². The van der Waals surface area contributed by atoms with Crippen LogP contribution in [0.1, 0.15) is 11.1 Å². The second-order valence-corrected chi connectivity index (χ2v) is 4.78. The zero-order chi connectivity index (χ0) is 13.7. The summed E-state index contributed by atoms with van der Waals surface area (Å²) in [5.41, 5.74) is 2.76. The second-order valence-electron chi connectivity index (χ2n) is 3.93. The van der Waals surface area contributed by atoms with Crippen molar-refractivity contribution in [3.8, 4) is 5.75 Å². The Bertz CT molecular complexity index is 569. The van der Waals surface area contributed by atoms with Crippen LogP contribution in [0.4, 0.5) is 5.69 Å². The molecule has 1 aromatic carbocycles. The van der Waals surface area contributed by atoms with Crippen LogP contribution in [-0.4, -0.2) is 18.3 Å². The summed E-state index contributed by atoms with van der Waals surface area (Å²) in [6.45, 7) is 0.670. The van der Waals surface area contributed by atoms with E-state index in [0.717, 1.165) is 27.0 Å². The number of halogens is 1. The molecule has 0 aliphatic carbocycles. The van der Waals surface area contributed by atoms with Crippen molar-refractivity contribution < 1.29 is 4.74 Å². The molecule has 0 spiro atoms. The summed E-state index contributed by atoms with van der Waals surface area (Å²) in [5, 5.41) is 10.7. The number of anilines is 1. The number of benzene rings is 1. The van der Waals surface area contributed by atoms with Gasteiger partial charge in [-0.3, -0.25) is 4.98 Å². The molecule has 0 bridgehead atoms. The lowest BCUT2D eigenvalue weighted by molar-refractivity contribution is 0.414. The topological polar surface area (TPSA) is 58.0 Å². The molecule has 0 unspecified atom stereocenters. The van der Waals surface area contributed by atoms with E-state index in [0.29, 0.717) is 6.54 Å². The Hall–Kier alpha value is -1.88. The van der Waals surface area contributed by atoms with E-state index in [4.69, 9.17) is 10.1 Å². The van der Waals surface area contributed by atoms with Crippen LogP contribution in [0.5, 0.6) is 5.75 Å². The zero-order valence-corrected chi connectivity index (χ0v) is 12.1. The van der Waals surface area contributed by atoms with Gasteiger partial charge < -0.3 is 15.5 Å². The molecule has 98 valence electrons. The van der Waals surface area contributed by atoms with Crippen molar-refractivity contribution in [3.05, 3.63) is 52.3 Å². The molecular formula is C14H14BrN3O. The minimum Gasteiger partial charge on any atom is -0.497 e. The van der Waals surface area contributed by atoms with Crippen molar-refractivity contribution in [2.75, 3.05) is 12.4 Å². The summed E-state index contributed by atoms with van der Waals surface area (Å²) in [5.74, 6) is 0.841. The molecule has 0 fully saturated rings. The first-order valence-electron chi connectivity index (χ1n) is 5.75. The molecule has 0 saturated heterocycles. The van der Waals surface area contributed by atoms with Crippen molar-refractivity contribution in [2.45, 2.75) is 6.54 Å². The fraction of sp³-hybridized carbons (Fsp3) is 0.143. The highest BCUT2D eigenvalue weighted by Gasteiger charge is 2.04. The van der Waals surface area contributed by atoms with E-state index in [1.165, 1.54) is 6.21 Å². The Morgan fingerprint density at radius 2 is 2.05 bits per heavy atom. The van der Waals surface area contributed by atoms with E-state index in [-0.39, 0.29) is 0 Å². The number of rotatable bonds is 5. The van der Waals surface area contributed by atoms with Gasteiger partial charge in [-0.1, -0.05) is 12.1 Å². The smallest absolute Gasteiger partial charge is 0.118 e. The van der Waals surface area contributed by atoms with E-state index >= 15 is 0 Å². The highest BCUT2D eigenvalue weighted by atomic mass is 79.9. The second kappa shape index (κ2) is 6.33. The normalized spacial score (nSPS) is 10.0. The number of pyridine rings is 1. The summed E-state index contributed by atoms with van der Waals surface area (Å²) < 4.78 is 5.93. The molecule has 5 heteroatoms. The van der Waals surface area contributed by atoms with Crippen LogP contribution in [0.3, 0.4) is 0 Å². The molecule has 0 atom stereocenters. The van der Waals surface area contributed by atoms with E-state index in [9.17, 15) is 0 Å². The molecule has 0 saturated carbocycles. The van der Waals surface area contributed by atoms with Crippen LogP contribution < -0.4 is 10.1 Å². The van der Waals surface area contributed by atoms with Gasteiger partial charge in [0.15, 0.2) is 0 Å². The van der Waals surface area contributed by atoms with Crippen molar-refractivity contribution in [2.24, 2.45) is 0 Å². The summed E-state index contributed by atoms with van der Waals surface area (Å²) in [6.07, 6.45) is 4.70. The Balaban J connectivity index is 2.09. The number of hydrogen-bond acceptors (Lipinski definition) is 4. The predicted octanol–water partition coefficient (Wildman–Crippen LogP) is 3.46. The van der Waals surface area contributed by atoms with Gasteiger partial charge in [-0.25, -0.2) is 0 Å². The molecule has 1 heterocycles. The number of nitrogens with zero attached hydrogens (tertiary/aromatic N) is 1. The van der Waals surface area contributed by atoms with Crippen LogP contribution >= 0.6 is 15.9 Å². The average Bonchev–Trinajstić information content (AvgIpc) is 2.45. The van der Waals surface area contributed by atoms with Gasteiger partial charge in [-0.2, -0.15) is 0 Å². The van der Waals surface area contributed by atoms with Gasteiger partial charge in [0, 0.05) is 29.0 Å². The average molecular weight is 320 g/mol. The van der Waals surface area contributed by atoms with Crippen LogP contribution in [-0.2, 0) is 6.54 Å². The van der Waals surface area contributed by atoms with Gasteiger partial charge in [-0.05, 0) is 33.6 Å². The standard InChI is InChI=1S/C14H14BrN3O/c1-19-11-4-2-10(3-5-11)7-18-14-9-17-8-13(15)12(14)6-16/h2-6,8-9,16,18H,7H2,1H3. The summed E-state index contributed by atoms with van der Waals surface area (Å²) in [6, 6.07) is 7.85. The summed E-state index contributed by atoms with van der Waals surface area (Å²) in [7, 11) is 1.65. The van der Waals surface area contributed by atoms with Gasteiger partial charge in [0.25, 0.3) is 0 Å². The lowest BCUT2D eigenvalue weighted by Crippen LogP contribution is -2.03. The van der Waals surface area contributed by atoms with E-state index in [1.807, 2.05) is 24.3 Å². The SMILES string of the molecule is COc1ccc(CNc2cncc(Br)c2C=N)cc1. The number of methoxy groups -OCH3 is 1. The maximum absolute atomic E-state index is 7.42. The third-order valence-electron chi connectivity index (χ3n) is 2.73. The maximum Gasteiger partial charge on any atom is 0.118 e. The van der Waals surface area contributed by atoms with Crippen LogP contribution in [0.15, 0.2) is 41.1 Å². The summed E-state index contributed by atoms with van der Waals surface area (Å²) in [4.78, 5) is 4.10. The van der Waals surface area contributed by atoms with Crippen molar-refractivity contribution in [3.63, 3.8) is 0 Å². The number of hydrogen-bond donors (Lipinski definition) is 2. The molecule has 0 aliphatic rings. The highest BCUT2D eigenvalue weighted by molar-refractivity contribution is 9.10. The molecule has 2 N–H and O–H groups in total. The van der Waals surface area contributed by atoms with Gasteiger partial charge in [0.2, 0.25) is 0 Å². The zero-order valence-electron chi connectivity index (χ0n) is 10.5. The summed E-state index contributed by atoms with van der Waals surface area (Å²) >= 11 is 3.38. The first kappa shape index (κ1) is 13.5. The largest absolute Gasteiger partial charge is 0.497 e. The maximum atomic E-state index is 7.42. The molecule has 2 aromatic rings. The Morgan fingerprint density at radius 1 is 1.32 bits per heavy atom. The molecule has 2 rings (SSSR count). The minimum atomic E-state index is 0.670. The molecule has 4 nitrogen and oxygen atoms in total. The fourth-order valence-corrected chi connectivity index (χ4v) is 2.12. The molecule has 1 aromatic heterocycles. The van der Waals surface area contributed by atoms with Crippen molar-refractivity contribution in [1.82, 2.24) is 4.98 Å². The highest BCUT2D eigenvalue weighted by Crippen LogP contribution is 2.22. The van der Waals surface area contributed by atoms with Gasteiger partial charge in [0.1, 0.15) is 5.75 Å². The van der Waals surface area contributed by atoms with E-state index in [1.54, 1.807) is 19.5 Å². The predicted molar refractivity (Wildman–Crippen MR) is 80.1 cm³/mol. The molecule has 19 heavy (non-hydrogen) atoms. The van der Waals surface area contributed by atoms with E-state index < -0.39 is 0 Å². The third-order valence-corrected chi connectivity index (χ3v) is 3.36. The van der Waals surface area contributed by atoms with Crippen LogP contribution in [0, 0.1) is 5.41 Å². The van der Waals surface area contributed by atoms with E-state index in [2.05, 4.69) is 26.2 Å². The Labute approximate surface area is 120 Å². The fourth-order valence-electron chi connectivity index (χ4n) is 1.67. The monoisotopic (exact) mass is 319 g/mol. The van der Waals surface area contributed by atoms with Crippen molar-refractivity contribution in [1.29, 1.82) is 5.41 Å². The minimum absolute atomic E-state index is 0.670. The molecule has 0 radical (unpaired) electrons. The molecular weight excluding hydrogens is 306 g/mol. The quantitative estimate of drug-likeness (QED) is 0.830. The first-order valence-corrected chi connectivity index (χ1v) is 6.54. The lowest BCUT2D eigenvalue weighted by atomic mass is 10.2. The Kier molecular flexibility index (Phi) is 4.52. The number of ether oxygens (including phenoxy) is 1. The number of aromatic nitrogens is 1. The Morgan fingerprint density at radius 3 is 2.68 bits per heavy atom. The number of nitrogens with one attached hydrogen (secondary N) is 2. The third kappa shape index (κ3) is 3.32. The molecule has 0 amide bonds. The van der Waals surface area contributed by atoms with Gasteiger partial charge >= 0.3 is 0 Å².